The summed E-state index contributed by atoms with van der Waals surface area (Å²) in [7, 11) is 0. The van der Waals surface area contributed by atoms with Crippen LogP contribution >= 0.6 is 11.6 Å². The second-order valence-electron chi connectivity index (χ2n) is 7.75. The van der Waals surface area contributed by atoms with Crippen molar-refractivity contribution in [2.24, 2.45) is 11.0 Å². The van der Waals surface area contributed by atoms with Gasteiger partial charge >= 0.3 is 6.16 Å². The fourth-order valence-corrected chi connectivity index (χ4v) is 4.72. The van der Waals surface area contributed by atoms with Crippen molar-refractivity contribution in [2.45, 2.75) is 18.4 Å². The molecular weight excluding hydrogens is 418 g/mol. The van der Waals surface area contributed by atoms with E-state index < -0.39 is 6.16 Å². The zero-order valence-corrected chi connectivity index (χ0v) is 17.1. The van der Waals surface area contributed by atoms with Crippen molar-refractivity contribution in [3.63, 3.8) is 0 Å². The van der Waals surface area contributed by atoms with E-state index in [0.29, 0.717) is 22.9 Å². The predicted octanol–water partition coefficient (Wildman–Crippen LogP) is 4.41. The van der Waals surface area contributed by atoms with Crippen molar-refractivity contribution in [1.29, 1.82) is 5.26 Å². The molecule has 0 aromatic heterocycles. The summed E-state index contributed by atoms with van der Waals surface area (Å²) in [6.07, 6.45) is 3.83. The SMILES string of the molecule is N#Cc1ccc(C2C=CCC2N2CC3COc4cc(OC(=O)O)ccc4C3=N2)cc1Cl. The summed E-state index contributed by atoms with van der Waals surface area (Å²) >= 11 is 6.26. The van der Waals surface area contributed by atoms with Crippen LogP contribution in [0, 0.1) is 17.2 Å². The van der Waals surface area contributed by atoms with E-state index in [1.807, 2.05) is 12.1 Å². The molecule has 2 aliphatic heterocycles. The minimum Gasteiger partial charge on any atom is -0.492 e. The second-order valence-corrected chi connectivity index (χ2v) is 8.16. The Morgan fingerprint density at radius 1 is 1.32 bits per heavy atom. The van der Waals surface area contributed by atoms with Crippen molar-refractivity contribution < 1.29 is 19.4 Å². The highest BCUT2D eigenvalue weighted by Crippen LogP contribution is 2.40. The maximum Gasteiger partial charge on any atom is 0.511 e. The first-order valence-corrected chi connectivity index (χ1v) is 10.3. The number of carboxylic acid groups (broad SMARTS) is 1. The lowest BCUT2D eigenvalue weighted by atomic mass is 9.92. The first-order valence-electron chi connectivity index (χ1n) is 9.93. The van der Waals surface area contributed by atoms with Gasteiger partial charge in [-0.2, -0.15) is 10.4 Å². The fourth-order valence-electron chi connectivity index (χ4n) is 4.49. The number of ether oxygens (including phenoxy) is 2. The van der Waals surface area contributed by atoms with Gasteiger partial charge in [-0.15, -0.1) is 0 Å². The highest BCUT2D eigenvalue weighted by atomic mass is 35.5. The van der Waals surface area contributed by atoms with Crippen LogP contribution in [0.25, 0.3) is 0 Å². The number of carbonyl (C=O) groups is 1. The third-order valence-electron chi connectivity index (χ3n) is 5.92. The van der Waals surface area contributed by atoms with Crippen LogP contribution in [0.5, 0.6) is 11.5 Å². The summed E-state index contributed by atoms with van der Waals surface area (Å²) < 4.78 is 10.6. The molecule has 1 aliphatic carbocycles. The largest absolute Gasteiger partial charge is 0.511 e. The summed E-state index contributed by atoms with van der Waals surface area (Å²) in [5, 5.41) is 25.5. The molecule has 3 unspecified atom stereocenters. The van der Waals surface area contributed by atoms with Crippen LogP contribution in [0.3, 0.4) is 0 Å². The van der Waals surface area contributed by atoms with Gasteiger partial charge in [0.05, 0.1) is 34.9 Å². The third kappa shape index (κ3) is 3.49. The standard InChI is InChI=1S/C23H18ClN3O4/c24-19-8-13(4-5-14(19)10-25)17-2-1-3-20(17)27-11-15-12-30-21-9-16(31-23(28)29)6-7-18(21)22(15)26-27/h1-2,4-9,15,17,20H,3,11-12H2,(H,28,29). The fraction of sp³-hybridized carbons (Fsp3) is 0.261. The van der Waals surface area contributed by atoms with Crippen LogP contribution < -0.4 is 9.47 Å². The average molecular weight is 436 g/mol. The molecular formula is C23H18ClN3O4. The van der Waals surface area contributed by atoms with E-state index in [4.69, 9.17) is 36.5 Å². The number of rotatable bonds is 3. The van der Waals surface area contributed by atoms with Crippen LogP contribution in [0.4, 0.5) is 4.79 Å². The monoisotopic (exact) mass is 435 g/mol. The molecule has 2 aromatic carbocycles. The van der Waals surface area contributed by atoms with Crippen molar-refractivity contribution in [3.05, 3.63) is 70.3 Å². The lowest BCUT2D eigenvalue weighted by molar-refractivity contribution is 0.144. The highest BCUT2D eigenvalue weighted by Gasteiger charge is 2.39. The zero-order valence-electron chi connectivity index (χ0n) is 16.4. The minimum absolute atomic E-state index is 0.126. The van der Waals surface area contributed by atoms with Crippen molar-refractivity contribution in [1.82, 2.24) is 5.01 Å². The first-order chi connectivity index (χ1) is 15.0. The van der Waals surface area contributed by atoms with Gasteiger partial charge in [-0.05, 0) is 36.2 Å². The van der Waals surface area contributed by atoms with Gasteiger partial charge in [-0.25, -0.2) is 4.79 Å². The Balaban J connectivity index is 1.41. The van der Waals surface area contributed by atoms with Gasteiger partial charge in [-0.3, -0.25) is 5.01 Å². The lowest BCUT2D eigenvalue weighted by Crippen LogP contribution is -2.35. The first kappa shape index (κ1) is 19.5. The normalized spacial score (nSPS) is 23.4. The summed E-state index contributed by atoms with van der Waals surface area (Å²) in [4.78, 5) is 10.8. The number of benzene rings is 2. The Morgan fingerprint density at radius 3 is 2.97 bits per heavy atom. The third-order valence-corrected chi connectivity index (χ3v) is 6.23. The van der Waals surface area contributed by atoms with Gasteiger partial charge in [0.15, 0.2) is 0 Å². The van der Waals surface area contributed by atoms with E-state index in [-0.39, 0.29) is 23.6 Å². The van der Waals surface area contributed by atoms with E-state index in [2.05, 4.69) is 23.2 Å². The van der Waals surface area contributed by atoms with E-state index >= 15 is 0 Å². The van der Waals surface area contributed by atoms with Crippen LogP contribution in [-0.2, 0) is 0 Å². The Kier molecular flexibility index (Phi) is 4.79. The Labute approximate surface area is 183 Å². The van der Waals surface area contributed by atoms with Crippen molar-refractivity contribution in [3.8, 4) is 17.6 Å². The number of nitrogens with zero attached hydrogens (tertiary/aromatic N) is 3. The molecule has 5 rings (SSSR count). The lowest BCUT2D eigenvalue weighted by Gasteiger charge is -2.29. The molecule has 31 heavy (non-hydrogen) atoms. The van der Waals surface area contributed by atoms with Gasteiger partial charge in [0.2, 0.25) is 0 Å². The number of hydrogen-bond acceptors (Lipinski definition) is 6. The van der Waals surface area contributed by atoms with Gasteiger partial charge in [0, 0.05) is 24.1 Å². The smallest absolute Gasteiger partial charge is 0.492 e. The van der Waals surface area contributed by atoms with E-state index in [1.165, 1.54) is 0 Å². The predicted molar refractivity (Wildman–Crippen MR) is 114 cm³/mol. The second kappa shape index (κ2) is 7.64. The number of fused-ring (bicyclic) bond motifs is 3. The summed E-state index contributed by atoms with van der Waals surface area (Å²) in [5.74, 6) is 1.07. The van der Waals surface area contributed by atoms with Gasteiger partial charge in [-0.1, -0.05) is 29.8 Å². The van der Waals surface area contributed by atoms with E-state index in [1.54, 1.807) is 24.3 Å². The topological polar surface area (TPSA) is 95.2 Å². The Bertz CT molecular complexity index is 1170. The number of hydrazone groups is 1. The van der Waals surface area contributed by atoms with Gasteiger partial charge < -0.3 is 14.6 Å². The number of hydrogen-bond donors (Lipinski definition) is 1. The molecule has 0 spiro atoms. The minimum atomic E-state index is -1.36. The molecule has 156 valence electrons. The van der Waals surface area contributed by atoms with Crippen LogP contribution in [0.2, 0.25) is 5.02 Å². The maximum absolute atomic E-state index is 10.8. The van der Waals surface area contributed by atoms with Gasteiger partial charge in [0.1, 0.15) is 17.6 Å². The molecule has 0 fully saturated rings. The molecule has 0 saturated carbocycles. The number of halogens is 1. The van der Waals surface area contributed by atoms with Crippen LogP contribution in [-0.4, -0.2) is 41.2 Å². The van der Waals surface area contributed by atoms with Crippen molar-refractivity contribution in [2.75, 3.05) is 13.2 Å². The molecule has 3 atom stereocenters. The average Bonchev–Trinajstić information content (AvgIpc) is 3.40. The van der Waals surface area contributed by atoms with Crippen molar-refractivity contribution >= 4 is 23.5 Å². The van der Waals surface area contributed by atoms with Crippen LogP contribution in [0.1, 0.15) is 29.0 Å². The Morgan fingerprint density at radius 2 is 2.19 bits per heavy atom. The van der Waals surface area contributed by atoms with Crippen LogP contribution in [0.15, 0.2) is 53.7 Å². The molecule has 1 N–H and O–H groups in total. The molecule has 0 saturated heterocycles. The molecule has 8 heteroatoms. The summed E-state index contributed by atoms with van der Waals surface area (Å²) in [6.45, 7) is 1.22. The highest BCUT2D eigenvalue weighted by molar-refractivity contribution is 6.31. The van der Waals surface area contributed by atoms with Gasteiger partial charge in [0.25, 0.3) is 0 Å². The molecule has 2 heterocycles. The molecule has 3 aliphatic rings. The molecule has 2 aromatic rings. The quantitative estimate of drug-likeness (QED) is 0.436. The van der Waals surface area contributed by atoms with E-state index in [0.717, 1.165) is 29.8 Å². The Hall–Kier alpha value is -3.50. The number of nitriles is 1. The molecule has 0 amide bonds. The summed E-state index contributed by atoms with van der Waals surface area (Å²) in [6, 6.07) is 12.8. The van der Waals surface area contributed by atoms with E-state index in [9.17, 15) is 4.79 Å². The maximum atomic E-state index is 10.8. The zero-order chi connectivity index (χ0) is 21.5. The molecule has 0 bridgehead atoms. The summed E-state index contributed by atoms with van der Waals surface area (Å²) in [5.41, 5.74) is 3.34. The molecule has 0 radical (unpaired) electrons. The molecule has 7 nitrogen and oxygen atoms in total.